The highest BCUT2D eigenvalue weighted by molar-refractivity contribution is 5.31. The highest BCUT2D eigenvalue weighted by atomic mass is 15.1. The van der Waals surface area contributed by atoms with Gasteiger partial charge in [-0.3, -0.25) is 0 Å². The summed E-state index contributed by atoms with van der Waals surface area (Å²) in [6.45, 7) is 6.63. The standard InChI is InChI=1S/C13H18N3/c1-13(2,3)11-5-6-14-12(9-11)16-8-7-15(4)10-16/h5-10H,1-4H3/q+1. The second kappa shape index (κ2) is 3.74. The largest absolute Gasteiger partial charge is 0.250 e. The molecule has 2 rings (SSSR count). The van der Waals surface area contributed by atoms with E-state index in [4.69, 9.17) is 0 Å². The molecule has 0 radical (unpaired) electrons. The number of pyridine rings is 1. The lowest BCUT2D eigenvalue weighted by atomic mass is 9.88. The molecule has 3 nitrogen and oxygen atoms in total. The van der Waals surface area contributed by atoms with E-state index in [1.807, 2.05) is 41.1 Å². The summed E-state index contributed by atoms with van der Waals surface area (Å²) >= 11 is 0. The highest BCUT2D eigenvalue weighted by Gasteiger charge is 2.16. The monoisotopic (exact) mass is 216 g/mol. The van der Waals surface area contributed by atoms with Crippen LogP contribution >= 0.6 is 0 Å². The lowest BCUT2D eigenvalue weighted by Gasteiger charge is -2.18. The Balaban J connectivity index is 2.44. The van der Waals surface area contributed by atoms with Gasteiger partial charge in [0.15, 0.2) is 0 Å². The molecule has 3 heteroatoms. The minimum Gasteiger partial charge on any atom is -0.239 e. The van der Waals surface area contributed by atoms with Gasteiger partial charge in [-0.2, -0.15) is 4.57 Å². The third-order valence-electron chi connectivity index (χ3n) is 2.65. The van der Waals surface area contributed by atoms with Crippen LogP contribution in [0.4, 0.5) is 0 Å². The summed E-state index contributed by atoms with van der Waals surface area (Å²) in [6, 6.07) is 4.22. The first-order valence-electron chi connectivity index (χ1n) is 5.47. The zero-order valence-electron chi connectivity index (χ0n) is 10.3. The van der Waals surface area contributed by atoms with E-state index in [9.17, 15) is 0 Å². The Morgan fingerprint density at radius 2 is 2.06 bits per heavy atom. The van der Waals surface area contributed by atoms with Gasteiger partial charge in [0, 0.05) is 12.3 Å². The summed E-state index contributed by atoms with van der Waals surface area (Å²) < 4.78 is 4.03. The lowest BCUT2D eigenvalue weighted by molar-refractivity contribution is -0.670. The van der Waals surface area contributed by atoms with Crippen LogP contribution in [-0.2, 0) is 12.5 Å². The van der Waals surface area contributed by atoms with Gasteiger partial charge >= 0.3 is 0 Å². The molecule has 0 unspecified atom stereocenters. The van der Waals surface area contributed by atoms with Gasteiger partial charge in [-0.1, -0.05) is 20.8 Å². The van der Waals surface area contributed by atoms with Gasteiger partial charge in [-0.05, 0) is 17.0 Å². The van der Waals surface area contributed by atoms with E-state index in [-0.39, 0.29) is 5.41 Å². The van der Waals surface area contributed by atoms with Crippen molar-refractivity contribution in [2.75, 3.05) is 0 Å². The van der Waals surface area contributed by atoms with Crippen LogP contribution in [0.15, 0.2) is 37.1 Å². The Morgan fingerprint density at radius 3 is 2.62 bits per heavy atom. The van der Waals surface area contributed by atoms with E-state index in [2.05, 4.69) is 37.9 Å². The van der Waals surface area contributed by atoms with Crippen LogP contribution < -0.4 is 4.57 Å². The van der Waals surface area contributed by atoms with Gasteiger partial charge in [0.05, 0.1) is 7.05 Å². The van der Waals surface area contributed by atoms with Crippen molar-refractivity contribution in [2.24, 2.45) is 7.05 Å². The number of nitrogens with zero attached hydrogens (tertiary/aromatic N) is 3. The minimum atomic E-state index is 0.160. The summed E-state index contributed by atoms with van der Waals surface area (Å²) in [7, 11) is 2.00. The molecule has 0 aliphatic carbocycles. The van der Waals surface area contributed by atoms with Crippen LogP contribution in [-0.4, -0.2) is 9.55 Å². The fraction of sp³-hybridized carbons (Fsp3) is 0.385. The molecule has 84 valence electrons. The Bertz CT molecular complexity index is 492. The van der Waals surface area contributed by atoms with Crippen LogP contribution in [0.5, 0.6) is 0 Å². The average molecular weight is 216 g/mol. The fourth-order valence-electron chi connectivity index (χ4n) is 1.61. The number of rotatable bonds is 1. The number of aryl methyl sites for hydroxylation is 1. The Morgan fingerprint density at radius 1 is 1.31 bits per heavy atom. The smallest absolute Gasteiger partial charge is 0.239 e. The Kier molecular flexibility index (Phi) is 2.54. The zero-order valence-corrected chi connectivity index (χ0v) is 10.3. The zero-order chi connectivity index (χ0) is 11.8. The molecular weight excluding hydrogens is 198 g/mol. The molecule has 0 aliphatic heterocycles. The van der Waals surface area contributed by atoms with Crippen molar-refractivity contribution in [1.29, 1.82) is 0 Å². The SMILES string of the molecule is C[n+]1ccn(-c2cc(C(C)(C)C)ccn2)c1. The van der Waals surface area contributed by atoms with Crippen molar-refractivity contribution in [3.05, 3.63) is 42.6 Å². The first-order valence-corrected chi connectivity index (χ1v) is 5.47. The first kappa shape index (κ1) is 10.9. The topological polar surface area (TPSA) is 21.7 Å². The second-order valence-corrected chi connectivity index (χ2v) is 5.14. The molecule has 0 bridgehead atoms. The number of aromatic nitrogens is 3. The molecule has 2 heterocycles. The molecule has 0 fully saturated rings. The molecule has 0 saturated carbocycles. The maximum atomic E-state index is 4.39. The Labute approximate surface area is 96.4 Å². The van der Waals surface area contributed by atoms with E-state index in [1.165, 1.54) is 5.56 Å². The highest BCUT2D eigenvalue weighted by Crippen LogP contribution is 2.22. The second-order valence-electron chi connectivity index (χ2n) is 5.14. The predicted molar refractivity (Wildman–Crippen MR) is 63.4 cm³/mol. The van der Waals surface area contributed by atoms with Crippen molar-refractivity contribution in [3.63, 3.8) is 0 Å². The normalized spacial score (nSPS) is 11.8. The van der Waals surface area contributed by atoms with Gasteiger partial charge in [-0.25, -0.2) is 9.55 Å². The van der Waals surface area contributed by atoms with E-state index in [1.54, 1.807) is 0 Å². The minimum absolute atomic E-state index is 0.160. The van der Waals surface area contributed by atoms with Crippen molar-refractivity contribution in [3.8, 4) is 5.82 Å². The summed E-state index contributed by atoms with van der Waals surface area (Å²) in [6.07, 6.45) is 7.89. The molecule has 0 N–H and O–H groups in total. The van der Waals surface area contributed by atoms with Gasteiger partial charge < -0.3 is 0 Å². The van der Waals surface area contributed by atoms with Crippen molar-refractivity contribution in [1.82, 2.24) is 9.55 Å². The Hall–Kier alpha value is -1.64. The third kappa shape index (κ3) is 2.13. The molecular formula is C13H18N3+. The van der Waals surface area contributed by atoms with Crippen LogP contribution in [0.1, 0.15) is 26.3 Å². The molecule has 0 aromatic carbocycles. The molecule has 0 aliphatic rings. The summed E-state index contributed by atoms with van der Waals surface area (Å²) in [4.78, 5) is 4.39. The first-order chi connectivity index (χ1) is 7.47. The van der Waals surface area contributed by atoms with E-state index < -0.39 is 0 Å². The van der Waals surface area contributed by atoms with E-state index in [0.717, 1.165) is 5.82 Å². The van der Waals surface area contributed by atoms with E-state index >= 15 is 0 Å². The van der Waals surface area contributed by atoms with Gasteiger partial charge in [-0.15, -0.1) is 0 Å². The van der Waals surface area contributed by atoms with Gasteiger partial charge in [0.1, 0.15) is 12.4 Å². The average Bonchev–Trinajstić information content (AvgIpc) is 2.64. The van der Waals surface area contributed by atoms with Gasteiger partial charge in [0.25, 0.3) is 0 Å². The molecule has 0 saturated heterocycles. The van der Waals surface area contributed by atoms with Gasteiger partial charge in [0.2, 0.25) is 12.1 Å². The van der Waals surface area contributed by atoms with E-state index in [0.29, 0.717) is 0 Å². The summed E-state index contributed by atoms with van der Waals surface area (Å²) in [5.74, 6) is 0.966. The molecule has 0 atom stereocenters. The van der Waals surface area contributed by atoms with Crippen molar-refractivity contribution in [2.45, 2.75) is 26.2 Å². The molecule has 0 amide bonds. The molecule has 0 spiro atoms. The number of hydrogen-bond donors (Lipinski definition) is 0. The molecule has 16 heavy (non-hydrogen) atoms. The maximum Gasteiger partial charge on any atom is 0.250 e. The number of hydrogen-bond acceptors (Lipinski definition) is 1. The van der Waals surface area contributed by atoms with Crippen molar-refractivity contribution < 1.29 is 4.57 Å². The van der Waals surface area contributed by atoms with Crippen molar-refractivity contribution >= 4 is 0 Å². The predicted octanol–water partition coefficient (Wildman–Crippen LogP) is 1.99. The molecule has 2 aromatic rings. The summed E-state index contributed by atoms with van der Waals surface area (Å²) in [5, 5.41) is 0. The van der Waals surface area contributed by atoms with Crippen LogP contribution in [0.2, 0.25) is 0 Å². The van der Waals surface area contributed by atoms with Crippen LogP contribution in [0.25, 0.3) is 5.82 Å². The fourth-order valence-corrected chi connectivity index (χ4v) is 1.61. The third-order valence-corrected chi connectivity index (χ3v) is 2.65. The lowest BCUT2D eigenvalue weighted by Crippen LogP contribution is -2.23. The maximum absolute atomic E-state index is 4.39. The molecule has 2 aromatic heterocycles. The number of imidazole rings is 1. The van der Waals surface area contributed by atoms with Crippen LogP contribution in [0, 0.1) is 0 Å². The summed E-state index contributed by atoms with van der Waals surface area (Å²) in [5.41, 5.74) is 1.46. The quantitative estimate of drug-likeness (QED) is 0.668. The van der Waals surface area contributed by atoms with Crippen LogP contribution in [0.3, 0.4) is 0 Å².